The van der Waals surface area contributed by atoms with Gasteiger partial charge in [0.15, 0.2) is 0 Å². The van der Waals surface area contributed by atoms with Crippen molar-refractivity contribution in [1.29, 1.82) is 0 Å². The molecule has 0 spiro atoms. The van der Waals surface area contributed by atoms with E-state index in [0.717, 1.165) is 31.4 Å². The van der Waals surface area contributed by atoms with E-state index < -0.39 is 10.1 Å². The van der Waals surface area contributed by atoms with Gasteiger partial charge in [0.1, 0.15) is 5.75 Å². The van der Waals surface area contributed by atoms with Crippen LogP contribution in [-0.2, 0) is 21.5 Å². The molecule has 1 aromatic carbocycles. The highest BCUT2D eigenvalue weighted by atomic mass is 32.2. The Balaban J connectivity index is 2.70. The van der Waals surface area contributed by atoms with Gasteiger partial charge in [0.25, 0.3) is 0 Å². The van der Waals surface area contributed by atoms with Crippen molar-refractivity contribution in [1.82, 2.24) is 4.90 Å². The molecule has 0 saturated heterocycles. The van der Waals surface area contributed by atoms with E-state index in [-0.39, 0.29) is 11.7 Å². The number of rotatable bonds is 12. The lowest BCUT2D eigenvalue weighted by molar-refractivity contribution is -0.132. The summed E-state index contributed by atoms with van der Waals surface area (Å²) in [6.07, 6.45) is 4.94. The predicted octanol–water partition coefficient (Wildman–Crippen LogP) is 4.37. The van der Waals surface area contributed by atoms with Gasteiger partial charge in [-0.3, -0.25) is 4.79 Å². The Kier molecular flexibility index (Phi) is 9.70. The summed E-state index contributed by atoms with van der Waals surface area (Å²) < 4.78 is 28.0. The molecule has 0 N–H and O–H groups in total. The van der Waals surface area contributed by atoms with Crippen molar-refractivity contribution in [3.8, 4) is 5.75 Å². The molecule has 0 unspecified atom stereocenters. The summed E-state index contributed by atoms with van der Waals surface area (Å²) in [6, 6.07) is 6.92. The van der Waals surface area contributed by atoms with Crippen LogP contribution >= 0.6 is 0 Å². The summed E-state index contributed by atoms with van der Waals surface area (Å²) >= 11 is 0. The van der Waals surface area contributed by atoms with Gasteiger partial charge < -0.3 is 9.08 Å². The standard InChI is InChI=1S/C20H33NO4S/c1-5-7-8-9-10-20(22)21(15-17(3)4)16-18-11-13-19(14-12-18)25-26(23,24)6-2/h11-14,17H,5-10,15-16H2,1-4H3. The lowest BCUT2D eigenvalue weighted by atomic mass is 10.1. The van der Waals surface area contributed by atoms with E-state index in [9.17, 15) is 13.2 Å². The molecule has 0 heterocycles. The van der Waals surface area contributed by atoms with E-state index >= 15 is 0 Å². The van der Waals surface area contributed by atoms with Crippen LogP contribution in [0, 0.1) is 5.92 Å². The molecule has 1 amide bonds. The van der Waals surface area contributed by atoms with Crippen LogP contribution in [0.5, 0.6) is 5.75 Å². The molecule has 0 aliphatic rings. The molecule has 0 atom stereocenters. The third-order valence-corrected chi connectivity index (χ3v) is 5.21. The van der Waals surface area contributed by atoms with Crippen molar-refractivity contribution in [2.45, 2.75) is 66.3 Å². The van der Waals surface area contributed by atoms with Gasteiger partial charge in [0.05, 0.1) is 5.75 Å². The summed E-state index contributed by atoms with van der Waals surface area (Å²) in [5, 5.41) is 0. The lowest BCUT2D eigenvalue weighted by Crippen LogP contribution is -2.33. The fourth-order valence-corrected chi connectivity index (χ4v) is 3.15. The Morgan fingerprint density at radius 1 is 1.08 bits per heavy atom. The molecule has 148 valence electrons. The molecule has 0 saturated carbocycles. The first-order valence-electron chi connectivity index (χ1n) is 9.56. The van der Waals surface area contributed by atoms with Gasteiger partial charge in [0, 0.05) is 19.5 Å². The number of carbonyl (C=O) groups is 1. The molecule has 1 aromatic rings. The number of hydrogen-bond donors (Lipinski definition) is 0. The maximum absolute atomic E-state index is 12.6. The smallest absolute Gasteiger partial charge is 0.308 e. The zero-order valence-corrected chi connectivity index (χ0v) is 17.3. The lowest BCUT2D eigenvalue weighted by Gasteiger charge is -2.25. The Hall–Kier alpha value is -1.56. The summed E-state index contributed by atoms with van der Waals surface area (Å²) in [5.41, 5.74) is 0.966. The fourth-order valence-electron chi connectivity index (χ4n) is 2.63. The molecule has 0 aromatic heterocycles. The maximum atomic E-state index is 12.6. The number of hydrogen-bond acceptors (Lipinski definition) is 4. The highest BCUT2D eigenvalue weighted by Gasteiger charge is 2.15. The van der Waals surface area contributed by atoms with E-state index in [2.05, 4.69) is 20.8 Å². The van der Waals surface area contributed by atoms with E-state index in [4.69, 9.17) is 4.18 Å². The first-order valence-corrected chi connectivity index (χ1v) is 11.1. The predicted molar refractivity (Wildman–Crippen MR) is 106 cm³/mol. The largest absolute Gasteiger partial charge is 0.382 e. The monoisotopic (exact) mass is 383 g/mol. The molecule has 0 radical (unpaired) electrons. The number of nitrogens with zero attached hydrogens (tertiary/aromatic N) is 1. The Morgan fingerprint density at radius 3 is 2.27 bits per heavy atom. The second-order valence-corrected chi connectivity index (χ2v) is 8.91. The first kappa shape index (κ1) is 22.5. The number of benzene rings is 1. The van der Waals surface area contributed by atoms with Gasteiger partial charge in [-0.15, -0.1) is 0 Å². The number of amides is 1. The van der Waals surface area contributed by atoms with Crippen molar-refractivity contribution in [3.05, 3.63) is 29.8 Å². The third kappa shape index (κ3) is 8.70. The normalized spacial score (nSPS) is 11.6. The fraction of sp³-hybridized carbons (Fsp3) is 0.650. The Labute approximate surface area is 158 Å². The number of carbonyl (C=O) groups excluding carboxylic acids is 1. The molecule has 6 heteroatoms. The molecule has 0 aliphatic heterocycles. The summed E-state index contributed by atoms with van der Waals surface area (Å²) in [4.78, 5) is 14.5. The van der Waals surface area contributed by atoms with Crippen LogP contribution in [0.25, 0.3) is 0 Å². The minimum atomic E-state index is -3.52. The Morgan fingerprint density at radius 2 is 1.73 bits per heavy atom. The van der Waals surface area contributed by atoms with Gasteiger partial charge >= 0.3 is 10.1 Å². The third-order valence-electron chi connectivity index (χ3n) is 4.06. The van der Waals surface area contributed by atoms with Gasteiger partial charge in [0.2, 0.25) is 5.91 Å². The first-order chi connectivity index (χ1) is 12.3. The zero-order valence-electron chi connectivity index (χ0n) is 16.5. The van der Waals surface area contributed by atoms with E-state index in [0.29, 0.717) is 24.6 Å². The van der Waals surface area contributed by atoms with Crippen molar-refractivity contribution in [3.63, 3.8) is 0 Å². The van der Waals surface area contributed by atoms with Crippen LogP contribution in [-0.4, -0.2) is 31.5 Å². The Bertz CT molecular complexity index is 638. The van der Waals surface area contributed by atoms with E-state index in [1.165, 1.54) is 6.42 Å². The molecule has 0 fully saturated rings. The van der Waals surface area contributed by atoms with Crippen molar-refractivity contribution < 1.29 is 17.4 Å². The van der Waals surface area contributed by atoms with Crippen LogP contribution in [0.2, 0.25) is 0 Å². The van der Waals surface area contributed by atoms with Gasteiger partial charge in [-0.05, 0) is 37.0 Å². The maximum Gasteiger partial charge on any atom is 0.308 e. The summed E-state index contributed by atoms with van der Waals surface area (Å²) in [7, 11) is -3.52. The van der Waals surface area contributed by atoms with Crippen LogP contribution in [0.3, 0.4) is 0 Å². The zero-order chi connectivity index (χ0) is 19.6. The molecule has 0 aliphatic carbocycles. The van der Waals surface area contributed by atoms with E-state index in [1.807, 2.05) is 17.0 Å². The van der Waals surface area contributed by atoms with Crippen LogP contribution in [0.15, 0.2) is 24.3 Å². The van der Waals surface area contributed by atoms with Gasteiger partial charge in [-0.25, -0.2) is 0 Å². The molecule has 1 rings (SSSR count). The highest BCUT2D eigenvalue weighted by Crippen LogP contribution is 2.17. The topological polar surface area (TPSA) is 63.7 Å². The highest BCUT2D eigenvalue weighted by molar-refractivity contribution is 7.87. The van der Waals surface area contributed by atoms with Crippen molar-refractivity contribution in [2.75, 3.05) is 12.3 Å². The second-order valence-electron chi connectivity index (χ2n) is 7.05. The van der Waals surface area contributed by atoms with Gasteiger partial charge in [-0.2, -0.15) is 8.42 Å². The SMILES string of the molecule is CCCCCCC(=O)N(Cc1ccc(OS(=O)(=O)CC)cc1)CC(C)C. The second kappa shape index (κ2) is 11.2. The van der Waals surface area contributed by atoms with Crippen LogP contribution in [0.1, 0.15) is 65.4 Å². The molecular weight excluding hydrogens is 350 g/mol. The summed E-state index contributed by atoms with van der Waals surface area (Å²) in [5.74, 6) is 0.816. The summed E-state index contributed by atoms with van der Waals surface area (Å²) in [6.45, 7) is 9.15. The van der Waals surface area contributed by atoms with E-state index in [1.54, 1.807) is 19.1 Å². The van der Waals surface area contributed by atoms with Gasteiger partial charge in [-0.1, -0.05) is 52.2 Å². The minimum Gasteiger partial charge on any atom is -0.382 e. The molecular formula is C20H33NO4S. The molecule has 5 nitrogen and oxygen atoms in total. The molecule has 26 heavy (non-hydrogen) atoms. The number of unbranched alkanes of at least 4 members (excludes halogenated alkanes) is 3. The van der Waals surface area contributed by atoms with Crippen LogP contribution in [0.4, 0.5) is 0 Å². The van der Waals surface area contributed by atoms with Crippen molar-refractivity contribution >= 4 is 16.0 Å². The van der Waals surface area contributed by atoms with Crippen LogP contribution < -0.4 is 4.18 Å². The quantitative estimate of drug-likeness (QED) is 0.397. The average Bonchev–Trinajstić information content (AvgIpc) is 2.59. The molecule has 0 bridgehead atoms. The van der Waals surface area contributed by atoms with Crippen molar-refractivity contribution in [2.24, 2.45) is 5.92 Å². The minimum absolute atomic E-state index is 0.0660. The average molecular weight is 384 g/mol.